The molecule has 0 bridgehead atoms. The molecule has 0 heterocycles. The molecule has 2 aromatic rings. The molecule has 1 atom stereocenters. The lowest BCUT2D eigenvalue weighted by Gasteiger charge is -2.23. The van der Waals surface area contributed by atoms with Gasteiger partial charge in [0.15, 0.2) is 0 Å². The van der Waals surface area contributed by atoms with Crippen molar-refractivity contribution in [3.8, 4) is 0 Å². The standard InChI is InChI=1S/C22H30N2O/c1-15(2)19-13-9-10-17(5)22(19)24-20(25)14-23-21(16(3)4)18-11-7-6-8-12-18/h6-13,15-16,21,23H,14H2,1-5H3,(H,24,25)/t21-/m0/s1. The van der Waals surface area contributed by atoms with Gasteiger partial charge in [0.25, 0.3) is 0 Å². The van der Waals surface area contributed by atoms with Gasteiger partial charge in [0.1, 0.15) is 0 Å². The van der Waals surface area contributed by atoms with E-state index in [-0.39, 0.29) is 11.9 Å². The van der Waals surface area contributed by atoms with Crippen molar-refractivity contribution in [2.45, 2.75) is 46.6 Å². The Hall–Kier alpha value is -2.13. The number of hydrogen-bond donors (Lipinski definition) is 2. The first-order chi connectivity index (χ1) is 11.9. The largest absolute Gasteiger partial charge is 0.324 e. The fourth-order valence-electron chi connectivity index (χ4n) is 3.13. The number of para-hydroxylation sites is 1. The first-order valence-electron chi connectivity index (χ1n) is 9.07. The van der Waals surface area contributed by atoms with E-state index in [0.717, 1.165) is 11.3 Å². The number of aryl methyl sites for hydroxylation is 1. The Labute approximate surface area is 151 Å². The van der Waals surface area contributed by atoms with Crippen molar-refractivity contribution >= 4 is 11.6 Å². The number of carbonyl (C=O) groups excluding carboxylic acids is 1. The first kappa shape index (κ1) is 19.2. The number of anilines is 1. The summed E-state index contributed by atoms with van der Waals surface area (Å²) in [5.41, 5.74) is 4.44. The van der Waals surface area contributed by atoms with E-state index in [2.05, 4.69) is 56.5 Å². The van der Waals surface area contributed by atoms with Gasteiger partial charge in [0, 0.05) is 11.7 Å². The number of amides is 1. The Morgan fingerprint density at radius 2 is 1.64 bits per heavy atom. The number of benzene rings is 2. The summed E-state index contributed by atoms with van der Waals surface area (Å²) in [6.07, 6.45) is 0. The molecule has 0 saturated carbocycles. The van der Waals surface area contributed by atoms with E-state index in [1.165, 1.54) is 11.1 Å². The zero-order valence-corrected chi connectivity index (χ0v) is 16.0. The van der Waals surface area contributed by atoms with Crippen LogP contribution in [0.15, 0.2) is 48.5 Å². The first-order valence-corrected chi connectivity index (χ1v) is 9.07. The minimum Gasteiger partial charge on any atom is -0.324 e. The second-order valence-electron chi connectivity index (χ2n) is 7.26. The van der Waals surface area contributed by atoms with E-state index in [0.29, 0.717) is 18.4 Å². The minimum absolute atomic E-state index is 0.00205. The molecular weight excluding hydrogens is 308 g/mol. The molecule has 2 aromatic carbocycles. The van der Waals surface area contributed by atoms with Crippen LogP contribution in [-0.2, 0) is 4.79 Å². The van der Waals surface area contributed by atoms with Crippen LogP contribution in [-0.4, -0.2) is 12.5 Å². The predicted molar refractivity (Wildman–Crippen MR) is 106 cm³/mol. The molecule has 0 aliphatic carbocycles. The molecule has 1 amide bonds. The van der Waals surface area contributed by atoms with Crippen LogP contribution in [0.4, 0.5) is 5.69 Å². The van der Waals surface area contributed by atoms with Gasteiger partial charge in [-0.15, -0.1) is 0 Å². The van der Waals surface area contributed by atoms with Crippen LogP contribution in [0, 0.1) is 12.8 Å². The van der Waals surface area contributed by atoms with E-state index >= 15 is 0 Å². The fraction of sp³-hybridized carbons (Fsp3) is 0.409. The Balaban J connectivity index is 2.06. The molecule has 0 fully saturated rings. The SMILES string of the molecule is Cc1cccc(C(C)C)c1NC(=O)CN[C@H](c1ccccc1)C(C)C. The molecule has 25 heavy (non-hydrogen) atoms. The summed E-state index contributed by atoms with van der Waals surface area (Å²) in [7, 11) is 0. The average molecular weight is 338 g/mol. The Bertz CT molecular complexity index is 692. The van der Waals surface area contributed by atoms with Crippen LogP contribution in [0.5, 0.6) is 0 Å². The van der Waals surface area contributed by atoms with Crippen molar-refractivity contribution < 1.29 is 4.79 Å². The summed E-state index contributed by atoms with van der Waals surface area (Å²) in [5, 5.41) is 6.52. The van der Waals surface area contributed by atoms with Gasteiger partial charge in [-0.25, -0.2) is 0 Å². The van der Waals surface area contributed by atoms with Crippen molar-refractivity contribution in [1.82, 2.24) is 5.32 Å². The van der Waals surface area contributed by atoms with Crippen LogP contribution < -0.4 is 10.6 Å². The van der Waals surface area contributed by atoms with E-state index < -0.39 is 0 Å². The second kappa shape index (κ2) is 8.82. The predicted octanol–water partition coefficient (Wildman–Crippen LogP) is 5.04. The van der Waals surface area contributed by atoms with Gasteiger partial charge in [-0.2, -0.15) is 0 Å². The lowest BCUT2D eigenvalue weighted by atomic mass is 9.96. The molecule has 0 aromatic heterocycles. The lowest BCUT2D eigenvalue weighted by molar-refractivity contribution is -0.115. The number of nitrogens with one attached hydrogen (secondary N) is 2. The summed E-state index contributed by atoms with van der Waals surface area (Å²) in [6.45, 7) is 11.0. The molecular formula is C22H30N2O. The van der Waals surface area contributed by atoms with Crippen LogP contribution in [0.2, 0.25) is 0 Å². The quantitative estimate of drug-likeness (QED) is 0.742. The van der Waals surface area contributed by atoms with E-state index in [1.807, 2.05) is 37.3 Å². The topological polar surface area (TPSA) is 41.1 Å². The van der Waals surface area contributed by atoms with E-state index in [1.54, 1.807) is 0 Å². The highest BCUT2D eigenvalue weighted by atomic mass is 16.1. The second-order valence-corrected chi connectivity index (χ2v) is 7.26. The summed E-state index contributed by atoms with van der Waals surface area (Å²) in [6, 6.07) is 16.6. The van der Waals surface area contributed by atoms with Crippen molar-refractivity contribution in [3.63, 3.8) is 0 Å². The zero-order chi connectivity index (χ0) is 18.4. The normalized spacial score (nSPS) is 12.4. The highest BCUT2D eigenvalue weighted by Crippen LogP contribution is 2.27. The van der Waals surface area contributed by atoms with Crippen LogP contribution in [0.25, 0.3) is 0 Å². The summed E-state index contributed by atoms with van der Waals surface area (Å²) in [4.78, 5) is 12.5. The molecule has 0 spiro atoms. The average Bonchev–Trinajstić information content (AvgIpc) is 2.57. The molecule has 0 unspecified atom stereocenters. The highest BCUT2D eigenvalue weighted by molar-refractivity contribution is 5.94. The van der Waals surface area contributed by atoms with Gasteiger partial charge in [-0.3, -0.25) is 4.79 Å². The van der Waals surface area contributed by atoms with Gasteiger partial charge in [-0.1, -0.05) is 76.2 Å². The number of hydrogen-bond acceptors (Lipinski definition) is 2. The van der Waals surface area contributed by atoms with Gasteiger partial charge in [0.05, 0.1) is 6.54 Å². The Morgan fingerprint density at radius 1 is 0.960 bits per heavy atom. The maximum absolute atomic E-state index is 12.5. The van der Waals surface area contributed by atoms with Gasteiger partial charge < -0.3 is 10.6 Å². The molecule has 3 heteroatoms. The van der Waals surface area contributed by atoms with Gasteiger partial charge in [-0.05, 0) is 35.4 Å². The molecule has 0 saturated heterocycles. The van der Waals surface area contributed by atoms with Crippen molar-refractivity contribution in [1.29, 1.82) is 0 Å². The maximum Gasteiger partial charge on any atom is 0.238 e. The molecule has 134 valence electrons. The lowest BCUT2D eigenvalue weighted by Crippen LogP contribution is -2.34. The smallest absolute Gasteiger partial charge is 0.238 e. The zero-order valence-electron chi connectivity index (χ0n) is 16.0. The monoisotopic (exact) mass is 338 g/mol. The van der Waals surface area contributed by atoms with Crippen molar-refractivity contribution in [3.05, 3.63) is 65.2 Å². The summed E-state index contributed by atoms with van der Waals surface area (Å²) >= 11 is 0. The van der Waals surface area contributed by atoms with Gasteiger partial charge >= 0.3 is 0 Å². The Kier molecular flexibility index (Phi) is 6.77. The molecule has 0 radical (unpaired) electrons. The number of carbonyl (C=O) groups is 1. The highest BCUT2D eigenvalue weighted by Gasteiger charge is 2.17. The van der Waals surface area contributed by atoms with Gasteiger partial charge in [0.2, 0.25) is 5.91 Å². The minimum atomic E-state index is -0.00205. The molecule has 0 aliphatic heterocycles. The van der Waals surface area contributed by atoms with Crippen molar-refractivity contribution in [2.75, 3.05) is 11.9 Å². The van der Waals surface area contributed by atoms with Crippen LogP contribution in [0.3, 0.4) is 0 Å². The third kappa shape index (κ3) is 5.17. The summed E-state index contributed by atoms with van der Waals surface area (Å²) in [5.74, 6) is 0.772. The molecule has 3 nitrogen and oxygen atoms in total. The van der Waals surface area contributed by atoms with Crippen LogP contribution in [0.1, 0.15) is 56.3 Å². The summed E-state index contributed by atoms with van der Waals surface area (Å²) < 4.78 is 0. The Morgan fingerprint density at radius 3 is 2.24 bits per heavy atom. The third-order valence-electron chi connectivity index (χ3n) is 4.50. The molecule has 0 aliphatic rings. The maximum atomic E-state index is 12.5. The molecule has 2 N–H and O–H groups in total. The third-order valence-corrected chi connectivity index (χ3v) is 4.50. The molecule has 2 rings (SSSR count). The van der Waals surface area contributed by atoms with Crippen molar-refractivity contribution in [2.24, 2.45) is 5.92 Å². The van der Waals surface area contributed by atoms with E-state index in [4.69, 9.17) is 0 Å². The fourth-order valence-corrected chi connectivity index (χ4v) is 3.13. The van der Waals surface area contributed by atoms with Crippen LogP contribution >= 0.6 is 0 Å². The number of rotatable bonds is 7. The van der Waals surface area contributed by atoms with E-state index in [9.17, 15) is 4.79 Å².